The number of benzene rings is 2. The molecule has 2 amide bonds. The first-order valence-corrected chi connectivity index (χ1v) is 10.1. The summed E-state index contributed by atoms with van der Waals surface area (Å²) in [5.41, 5.74) is 3.87. The van der Waals surface area contributed by atoms with Gasteiger partial charge in [0.1, 0.15) is 13.2 Å². The van der Waals surface area contributed by atoms with Crippen molar-refractivity contribution >= 4 is 17.5 Å². The van der Waals surface area contributed by atoms with E-state index in [-0.39, 0.29) is 24.9 Å². The highest BCUT2D eigenvalue weighted by Crippen LogP contribution is 2.31. The molecule has 7 heteroatoms. The summed E-state index contributed by atoms with van der Waals surface area (Å²) in [6.07, 6.45) is 0. The Balaban J connectivity index is 1.50. The van der Waals surface area contributed by atoms with Crippen LogP contribution in [0.4, 0.5) is 5.69 Å². The second-order valence-electron chi connectivity index (χ2n) is 7.85. The van der Waals surface area contributed by atoms with Gasteiger partial charge in [0.25, 0.3) is 11.8 Å². The van der Waals surface area contributed by atoms with Crippen LogP contribution < -0.4 is 19.7 Å². The second-order valence-corrected chi connectivity index (χ2v) is 7.85. The van der Waals surface area contributed by atoms with Crippen molar-refractivity contribution in [3.8, 4) is 11.5 Å². The molecule has 2 aromatic rings. The number of nitrogens with one attached hydrogen (secondary N) is 2. The van der Waals surface area contributed by atoms with Gasteiger partial charge < -0.3 is 24.6 Å². The molecule has 1 aliphatic rings. The van der Waals surface area contributed by atoms with Gasteiger partial charge in [0.2, 0.25) is 0 Å². The molecule has 3 rings (SSSR count). The Kier molecular flexibility index (Phi) is 6.95. The highest BCUT2D eigenvalue weighted by Gasteiger charge is 2.19. The van der Waals surface area contributed by atoms with Gasteiger partial charge in [0, 0.05) is 19.3 Å². The van der Waals surface area contributed by atoms with Crippen LogP contribution in [0.2, 0.25) is 0 Å². The van der Waals surface area contributed by atoms with E-state index in [9.17, 15) is 9.59 Å². The van der Waals surface area contributed by atoms with Crippen molar-refractivity contribution in [3.05, 3.63) is 53.1 Å². The summed E-state index contributed by atoms with van der Waals surface area (Å²) in [6.45, 7) is 5.95. The van der Waals surface area contributed by atoms with Crippen LogP contribution in [-0.4, -0.2) is 57.1 Å². The van der Waals surface area contributed by atoms with Gasteiger partial charge in [-0.3, -0.25) is 9.59 Å². The first-order valence-electron chi connectivity index (χ1n) is 10.1. The number of amides is 2. The van der Waals surface area contributed by atoms with E-state index in [0.717, 1.165) is 33.0 Å². The second kappa shape index (κ2) is 9.63. The Bertz CT molecular complexity index is 908. The Morgan fingerprint density at radius 3 is 2.40 bits per heavy atom. The number of carbonyl (C=O) groups excluding carboxylic acids is 2. The molecular weight excluding hydrogens is 382 g/mol. The Morgan fingerprint density at radius 1 is 1.03 bits per heavy atom. The molecule has 1 heterocycles. The first kappa shape index (κ1) is 21.6. The van der Waals surface area contributed by atoms with Crippen LogP contribution in [0.25, 0.3) is 0 Å². The number of rotatable bonds is 7. The van der Waals surface area contributed by atoms with Crippen molar-refractivity contribution in [2.24, 2.45) is 0 Å². The predicted molar refractivity (Wildman–Crippen MR) is 115 cm³/mol. The van der Waals surface area contributed by atoms with Gasteiger partial charge in [-0.15, -0.1) is 0 Å². The standard InChI is InChI=1S/C23H29N3O4/c1-16-6-5-7-17(2)23(16)24-21(27)14-25(3)15-22(28)26(4)13-18-8-9-19-20(12-18)30-11-10-29-19/h5-9,12H,10-11,13-15H2,1-4H3,(H,24,27)/p+1. The van der Waals surface area contributed by atoms with Gasteiger partial charge in [-0.2, -0.15) is 0 Å². The quantitative estimate of drug-likeness (QED) is 0.717. The summed E-state index contributed by atoms with van der Waals surface area (Å²) in [5, 5.41) is 2.97. The number of ether oxygens (including phenoxy) is 2. The van der Waals surface area contributed by atoms with Gasteiger partial charge in [-0.25, -0.2) is 0 Å². The first-order chi connectivity index (χ1) is 14.3. The van der Waals surface area contributed by atoms with E-state index in [0.29, 0.717) is 25.5 Å². The number of likely N-dealkylation sites (N-methyl/N-ethyl adjacent to an activating group) is 2. The molecule has 7 nitrogen and oxygen atoms in total. The fourth-order valence-corrected chi connectivity index (χ4v) is 3.47. The zero-order valence-corrected chi connectivity index (χ0v) is 18.1. The number of aryl methyl sites for hydroxylation is 2. The van der Waals surface area contributed by atoms with E-state index in [4.69, 9.17) is 9.47 Å². The Labute approximate surface area is 177 Å². The summed E-state index contributed by atoms with van der Waals surface area (Å²) < 4.78 is 11.1. The molecule has 0 aliphatic carbocycles. The van der Waals surface area contributed by atoms with E-state index in [1.807, 2.05) is 57.3 Å². The van der Waals surface area contributed by atoms with Crippen LogP contribution in [0.5, 0.6) is 11.5 Å². The fourth-order valence-electron chi connectivity index (χ4n) is 3.47. The third kappa shape index (κ3) is 5.51. The molecule has 1 unspecified atom stereocenters. The number of anilines is 1. The fraction of sp³-hybridized carbons (Fsp3) is 0.391. The van der Waals surface area contributed by atoms with Crippen LogP contribution in [0.1, 0.15) is 16.7 Å². The minimum absolute atomic E-state index is 0.0257. The van der Waals surface area contributed by atoms with Crippen molar-refractivity contribution in [1.29, 1.82) is 0 Å². The van der Waals surface area contributed by atoms with Crippen molar-refractivity contribution < 1.29 is 24.0 Å². The van der Waals surface area contributed by atoms with Crippen LogP contribution in [0.3, 0.4) is 0 Å². The number of hydrogen-bond acceptors (Lipinski definition) is 4. The predicted octanol–water partition coefficient (Wildman–Crippen LogP) is 1.19. The van der Waals surface area contributed by atoms with Gasteiger partial charge >= 0.3 is 0 Å². The Morgan fingerprint density at radius 2 is 1.70 bits per heavy atom. The largest absolute Gasteiger partial charge is 0.486 e. The summed E-state index contributed by atoms with van der Waals surface area (Å²) in [6, 6.07) is 11.6. The third-order valence-corrected chi connectivity index (χ3v) is 5.11. The molecule has 1 atom stereocenters. The molecule has 1 aliphatic heterocycles. The molecule has 2 aromatic carbocycles. The zero-order valence-electron chi connectivity index (χ0n) is 18.1. The lowest BCUT2D eigenvalue weighted by Gasteiger charge is -2.22. The molecule has 160 valence electrons. The third-order valence-electron chi connectivity index (χ3n) is 5.11. The van der Waals surface area contributed by atoms with E-state index in [1.165, 1.54) is 0 Å². The van der Waals surface area contributed by atoms with E-state index < -0.39 is 0 Å². The summed E-state index contributed by atoms with van der Waals surface area (Å²) >= 11 is 0. The van der Waals surface area contributed by atoms with Crippen molar-refractivity contribution in [2.75, 3.05) is 45.7 Å². The van der Waals surface area contributed by atoms with Gasteiger partial charge in [0.15, 0.2) is 24.6 Å². The molecule has 2 N–H and O–H groups in total. The molecule has 0 radical (unpaired) electrons. The smallest absolute Gasteiger partial charge is 0.279 e. The van der Waals surface area contributed by atoms with E-state index >= 15 is 0 Å². The van der Waals surface area contributed by atoms with E-state index in [1.54, 1.807) is 11.9 Å². The average molecular weight is 413 g/mol. The van der Waals surface area contributed by atoms with Crippen molar-refractivity contribution in [1.82, 2.24) is 4.90 Å². The van der Waals surface area contributed by atoms with Crippen LogP contribution >= 0.6 is 0 Å². The number of quaternary nitrogens is 1. The summed E-state index contributed by atoms with van der Waals surface area (Å²) in [5.74, 6) is 1.32. The van der Waals surface area contributed by atoms with Crippen LogP contribution in [0, 0.1) is 13.8 Å². The summed E-state index contributed by atoms with van der Waals surface area (Å²) in [4.78, 5) is 27.5. The maximum Gasteiger partial charge on any atom is 0.279 e. The van der Waals surface area contributed by atoms with Gasteiger partial charge in [0.05, 0.1) is 7.05 Å². The van der Waals surface area contributed by atoms with Crippen LogP contribution in [-0.2, 0) is 16.1 Å². The lowest BCUT2D eigenvalue weighted by atomic mass is 10.1. The normalized spacial score (nSPS) is 13.5. The maximum atomic E-state index is 12.6. The van der Waals surface area contributed by atoms with Gasteiger partial charge in [-0.1, -0.05) is 24.3 Å². The molecular formula is C23H30N3O4+. The summed E-state index contributed by atoms with van der Waals surface area (Å²) in [7, 11) is 3.61. The van der Waals surface area contributed by atoms with Crippen LogP contribution in [0.15, 0.2) is 36.4 Å². The molecule has 0 spiro atoms. The molecule has 0 saturated heterocycles. The minimum atomic E-state index is -0.104. The highest BCUT2D eigenvalue weighted by atomic mass is 16.6. The lowest BCUT2D eigenvalue weighted by Crippen LogP contribution is -3.11. The number of carbonyl (C=O) groups is 2. The SMILES string of the molecule is Cc1cccc(C)c1NC(=O)C[NH+](C)CC(=O)N(C)Cc1ccc2c(c1)OCCO2. The Hall–Kier alpha value is -3.06. The van der Waals surface area contributed by atoms with Gasteiger partial charge in [-0.05, 0) is 42.7 Å². The molecule has 0 saturated carbocycles. The monoisotopic (exact) mass is 412 g/mol. The zero-order chi connectivity index (χ0) is 21.7. The highest BCUT2D eigenvalue weighted by molar-refractivity contribution is 5.93. The van der Waals surface area contributed by atoms with Crippen molar-refractivity contribution in [2.45, 2.75) is 20.4 Å². The molecule has 30 heavy (non-hydrogen) atoms. The molecule has 0 bridgehead atoms. The van der Waals surface area contributed by atoms with E-state index in [2.05, 4.69) is 5.32 Å². The average Bonchev–Trinajstić information content (AvgIpc) is 2.70. The number of fused-ring (bicyclic) bond motifs is 1. The number of hydrogen-bond donors (Lipinski definition) is 2. The number of para-hydroxylation sites is 1. The minimum Gasteiger partial charge on any atom is -0.486 e. The maximum absolute atomic E-state index is 12.6. The van der Waals surface area contributed by atoms with Crippen molar-refractivity contribution in [3.63, 3.8) is 0 Å². The lowest BCUT2D eigenvalue weighted by molar-refractivity contribution is -0.862. The number of nitrogens with zero attached hydrogens (tertiary/aromatic N) is 1. The molecule has 0 fully saturated rings. The molecule has 0 aromatic heterocycles. The topological polar surface area (TPSA) is 72.3 Å².